The second-order valence-electron chi connectivity index (χ2n) is 6.37. The predicted molar refractivity (Wildman–Crippen MR) is 102 cm³/mol. The molecule has 2 unspecified atom stereocenters. The lowest BCUT2D eigenvalue weighted by molar-refractivity contribution is -0.116. The van der Waals surface area contributed by atoms with Gasteiger partial charge in [0.25, 0.3) is 0 Å². The summed E-state index contributed by atoms with van der Waals surface area (Å²) >= 11 is 1.41. The average Bonchev–Trinajstić information content (AvgIpc) is 2.58. The zero-order valence-corrected chi connectivity index (χ0v) is 15.5. The summed E-state index contributed by atoms with van der Waals surface area (Å²) in [5.41, 5.74) is 2.13. The summed E-state index contributed by atoms with van der Waals surface area (Å²) in [6, 6.07) is 13.7. The van der Waals surface area contributed by atoms with Gasteiger partial charge in [0.15, 0.2) is 0 Å². The second-order valence-corrected chi connectivity index (χ2v) is 7.55. The molecule has 134 valence electrons. The number of carbonyl (C=O) groups excluding carboxylic acids is 1. The standard InChI is InChI=1S/C20H24FNO2S/c1-13(2)19(25-12-18(23)15-7-5-4-6-8-15)20(24)22-17-11-16(21)10-9-14(17)3/h4-11,13,18-19,23H,12H2,1-3H3,(H,22,24). The Bertz CT molecular complexity index is 706. The molecule has 25 heavy (non-hydrogen) atoms. The smallest absolute Gasteiger partial charge is 0.237 e. The van der Waals surface area contributed by atoms with Gasteiger partial charge in [0.05, 0.1) is 11.4 Å². The van der Waals surface area contributed by atoms with Crippen molar-refractivity contribution in [1.82, 2.24) is 0 Å². The molecule has 0 aromatic heterocycles. The second kappa shape index (κ2) is 9.02. The molecular weight excluding hydrogens is 337 g/mol. The highest BCUT2D eigenvalue weighted by molar-refractivity contribution is 8.00. The number of hydrogen-bond donors (Lipinski definition) is 2. The largest absolute Gasteiger partial charge is 0.388 e. The topological polar surface area (TPSA) is 49.3 Å². The van der Waals surface area contributed by atoms with Crippen molar-refractivity contribution in [1.29, 1.82) is 0 Å². The van der Waals surface area contributed by atoms with Crippen molar-refractivity contribution in [3.05, 3.63) is 65.5 Å². The van der Waals surface area contributed by atoms with Crippen molar-refractivity contribution in [3.63, 3.8) is 0 Å². The Morgan fingerprint density at radius 2 is 1.88 bits per heavy atom. The van der Waals surface area contributed by atoms with Crippen LogP contribution >= 0.6 is 11.8 Å². The van der Waals surface area contributed by atoms with Crippen LogP contribution in [0.5, 0.6) is 0 Å². The zero-order valence-electron chi connectivity index (χ0n) is 14.7. The number of hydrogen-bond acceptors (Lipinski definition) is 3. The van der Waals surface area contributed by atoms with Gasteiger partial charge in [-0.25, -0.2) is 4.39 Å². The van der Waals surface area contributed by atoms with Gasteiger partial charge >= 0.3 is 0 Å². The van der Waals surface area contributed by atoms with Crippen molar-refractivity contribution in [2.45, 2.75) is 32.1 Å². The normalized spacial score (nSPS) is 13.5. The molecule has 0 fully saturated rings. The number of halogens is 1. The first-order valence-corrected chi connectivity index (χ1v) is 9.35. The van der Waals surface area contributed by atoms with Crippen LogP contribution in [0.2, 0.25) is 0 Å². The highest BCUT2D eigenvalue weighted by Gasteiger charge is 2.24. The quantitative estimate of drug-likeness (QED) is 0.760. The maximum absolute atomic E-state index is 13.4. The van der Waals surface area contributed by atoms with E-state index in [-0.39, 0.29) is 22.9 Å². The fourth-order valence-electron chi connectivity index (χ4n) is 2.47. The van der Waals surface area contributed by atoms with E-state index in [1.165, 1.54) is 23.9 Å². The molecule has 0 saturated carbocycles. The van der Waals surface area contributed by atoms with Gasteiger partial charge in [-0.3, -0.25) is 4.79 Å². The van der Waals surface area contributed by atoms with Crippen molar-refractivity contribution in [2.24, 2.45) is 5.92 Å². The molecule has 2 rings (SSSR count). The number of aliphatic hydroxyl groups is 1. The maximum atomic E-state index is 13.4. The maximum Gasteiger partial charge on any atom is 0.237 e. The fourth-order valence-corrected chi connectivity index (χ4v) is 3.65. The molecule has 3 nitrogen and oxygen atoms in total. The zero-order chi connectivity index (χ0) is 18.4. The first kappa shape index (κ1) is 19.5. The number of benzene rings is 2. The Labute approximate surface area is 152 Å². The van der Waals surface area contributed by atoms with Gasteiger partial charge in [-0.05, 0) is 36.1 Å². The van der Waals surface area contributed by atoms with E-state index in [0.29, 0.717) is 11.4 Å². The van der Waals surface area contributed by atoms with Crippen LogP contribution in [-0.4, -0.2) is 22.0 Å². The lowest BCUT2D eigenvalue weighted by atomic mass is 10.1. The molecule has 2 aromatic carbocycles. The highest BCUT2D eigenvalue weighted by Crippen LogP contribution is 2.27. The highest BCUT2D eigenvalue weighted by atomic mass is 32.2. The Morgan fingerprint density at radius 3 is 2.52 bits per heavy atom. The Balaban J connectivity index is 2.02. The van der Waals surface area contributed by atoms with Gasteiger partial charge in [0.1, 0.15) is 5.82 Å². The third-order valence-corrected chi connectivity index (χ3v) is 5.57. The van der Waals surface area contributed by atoms with E-state index < -0.39 is 6.10 Å². The van der Waals surface area contributed by atoms with Crippen LogP contribution < -0.4 is 5.32 Å². The number of aryl methyl sites for hydroxylation is 1. The monoisotopic (exact) mass is 361 g/mol. The van der Waals surface area contributed by atoms with Crippen LogP contribution in [0.3, 0.4) is 0 Å². The van der Waals surface area contributed by atoms with Gasteiger partial charge < -0.3 is 10.4 Å². The molecule has 0 heterocycles. The molecule has 0 spiro atoms. The van der Waals surface area contributed by atoms with E-state index in [9.17, 15) is 14.3 Å². The molecular formula is C20H24FNO2S. The number of rotatable bonds is 7. The molecule has 0 aliphatic carbocycles. The summed E-state index contributed by atoms with van der Waals surface area (Å²) in [6.07, 6.45) is -0.629. The molecule has 0 aliphatic heterocycles. The van der Waals surface area contributed by atoms with Crippen molar-refractivity contribution < 1.29 is 14.3 Å². The van der Waals surface area contributed by atoms with Crippen LogP contribution in [0.15, 0.2) is 48.5 Å². The summed E-state index contributed by atoms with van der Waals surface area (Å²) in [4.78, 5) is 12.6. The Kier molecular flexibility index (Phi) is 7.02. The minimum atomic E-state index is -0.629. The molecule has 2 N–H and O–H groups in total. The summed E-state index contributed by atoms with van der Waals surface area (Å²) in [6.45, 7) is 5.75. The van der Waals surface area contributed by atoms with Gasteiger partial charge in [0.2, 0.25) is 5.91 Å². The molecule has 5 heteroatoms. The Hall–Kier alpha value is -1.85. The van der Waals surface area contributed by atoms with Gasteiger partial charge in [0, 0.05) is 11.4 Å². The van der Waals surface area contributed by atoms with Crippen LogP contribution in [0.1, 0.15) is 31.1 Å². The predicted octanol–water partition coefficient (Wildman–Crippen LogP) is 4.56. The van der Waals surface area contributed by atoms with E-state index in [4.69, 9.17) is 0 Å². The number of carbonyl (C=O) groups is 1. The lowest BCUT2D eigenvalue weighted by Crippen LogP contribution is -2.30. The number of aliphatic hydroxyl groups excluding tert-OH is 1. The van der Waals surface area contributed by atoms with Crippen molar-refractivity contribution >= 4 is 23.4 Å². The van der Waals surface area contributed by atoms with Crippen LogP contribution in [0.25, 0.3) is 0 Å². The summed E-state index contributed by atoms with van der Waals surface area (Å²) < 4.78 is 13.4. The number of amides is 1. The van der Waals surface area contributed by atoms with Crippen LogP contribution in [0, 0.1) is 18.7 Å². The Morgan fingerprint density at radius 1 is 1.20 bits per heavy atom. The summed E-state index contributed by atoms with van der Waals surface area (Å²) in [7, 11) is 0. The molecule has 0 saturated heterocycles. The fraction of sp³-hybridized carbons (Fsp3) is 0.350. The van der Waals surface area contributed by atoms with E-state index in [1.54, 1.807) is 6.07 Å². The minimum Gasteiger partial charge on any atom is -0.388 e. The van der Waals surface area contributed by atoms with Crippen molar-refractivity contribution in [2.75, 3.05) is 11.1 Å². The van der Waals surface area contributed by atoms with Crippen molar-refractivity contribution in [3.8, 4) is 0 Å². The third-order valence-electron chi connectivity index (χ3n) is 3.94. The molecule has 1 amide bonds. The summed E-state index contributed by atoms with van der Waals surface area (Å²) in [5, 5.41) is 12.8. The first-order valence-electron chi connectivity index (χ1n) is 8.30. The number of anilines is 1. The minimum absolute atomic E-state index is 0.0850. The van der Waals surface area contributed by atoms with E-state index in [1.807, 2.05) is 51.1 Å². The number of thioether (sulfide) groups is 1. The van der Waals surface area contributed by atoms with Gasteiger partial charge in [-0.15, -0.1) is 11.8 Å². The molecule has 2 atom stereocenters. The van der Waals surface area contributed by atoms with Gasteiger partial charge in [-0.2, -0.15) is 0 Å². The van der Waals surface area contributed by atoms with E-state index >= 15 is 0 Å². The van der Waals surface area contributed by atoms with Crippen LogP contribution in [0.4, 0.5) is 10.1 Å². The number of nitrogens with one attached hydrogen (secondary N) is 1. The SMILES string of the molecule is Cc1ccc(F)cc1NC(=O)C(SCC(O)c1ccccc1)C(C)C. The third kappa shape index (κ3) is 5.58. The molecule has 0 aliphatic rings. The molecule has 2 aromatic rings. The summed E-state index contributed by atoms with van der Waals surface area (Å²) in [5.74, 6) is -0.0486. The lowest BCUT2D eigenvalue weighted by Gasteiger charge is -2.22. The van der Waals surface area contributed by atoms with Crippen LogP contribution in [-0.2, 0) is 4.79 Å². The molecule has 0 radical (unpaired) electrons. The average molecular weight is 361 g/mol. The molecule has 0 bridgehead atoms. The van der Waals surface area contributed by atoms with E-state index in [0.717, 1.165) is 11.1 Å². The first-order chi connectivity index (χ1) is 11.9. The van der Waals surface area contributed by atoms with Gasteiger partial charge in [-0.1, -0.05) is 50.2 Å². The van der Waals surface area contributed by atoms with E-state index in [2.05, 4.69) is 5.32 Å².